The molecule has 8 nitrogen and oxygen atoms in total. The van der Waals surface area contributed by atoms with E-state index in [1.165, 1.54) is 0 Å². The normalized spacial score (nSPS) is 11.1. The largest absolute Gasteiger partial charge is 0.496 e. The molecule has 0 atom stereocenters. The summed E-state index contributed by atoms with van der Waals surface area (Å²) in [5.74, 6) is 1.63. The lowest BCUT2D eigenvalue weighted by molar-refractivity contribution is -0.00668. The van der Waals surface area contributed by atoms with E-state index in [4.69, 9.17) is 28.4 Å². The van der Waals surface area contributed by atoms with E-state index in [0.717, 1.165) is 44.0 Å². The summed E-state index contributed by atoms with van der Waals surface area (Å²) >= 11 is 3.16. The summed E-state index contributed by atoms with van der Waals surface area (Å²) in [5.41, 5.74) is 3.77. The highest BCUT2D eigenvalue weighted by molar-refractivity contribution is 7.13. The zero-order valence-electron chi connectivity index (χ0n) is 21.6. The summed E-state index contributed by atoms with van der Waals surface area (Å²) in [4.78, 5) is 9.29. The molecule has 2 aromatic heterocycles. The number of hydrogen-bond acceptors (Lipinski definition) is 10. The molecular formula is C28H32N2O6S2. The first-order valence-electron chi connectivity index (χ1n) is 12.2. The second kappa shape index (κ2) is 15.5. The molecule has 0 N–H and O–H groups in total. The number of aromatic nitrogens is 2. The van der Waals surface area contributed by atoms with Gasteiger partial charge in [-0.2, -0.15) is 0 Å². The maximum Gasteiger partial charge on any atom is 0.129 e. The van der Waals surface area contributed by atoms with Crippen molar-refractivity contribution in [2.45, 2.75) is 13.2 Å². The van der Waals surface area contributed by atoms with Crippen molar-refractivity contribution in [3.05, 3.63) is 70.7 Å². The van der Waals surface area contributed by atoms with Crippen LogP contribution in [0.1, 0.15) is 11.4 Å². The molecule has 0 saturated carbocycles. The molecule has 0 radical (unpaired) electrons. The van der Waals surface area contributed by atoms with Crippen LogP contribution in [0.15, 0.2) is 59.3 Å². The number of rotatable bonds is 17. The van der Waals surface area contributed by atoms with Crippen LogP contribution in [0.3, 0.4) is 0 Å². The minimum Gasteiger partial charge on any atom is -0.496 e. The number of para-hydroxylation sites is 2. The van der Waals surface area contributed by atoms with Crippen molar-refractivity contribution < 1.29 is 28.4 Å². The van der Waals surface area contributed by atoms with Gasteiger partial charge in [0.1, 0.15) is 21.5 Å². The highest BCUT2D eigenvalue weighted by Crippen LogP contribution is 2.33. The van der Waals surface area contributed by atoms with Gasteiger partial charge < -0.3 is 28.4 Å². The molecule has 0 aliphatic heterocycles. The van der Waals surface area contributed by atoms with E-state index in [2.05, 4.69) is 9.97 Å². The number of methoxy groups -OCH3 is 2. The number of benzene rings is 2. The average molecular weight is 557 g/mol. The molecule has 0 fully saturated rings. The highest BCUT2D eigenvalue weighted by Gasteiger charge is 2.11. The number of ether oxygens (including phenoxy) is 6. The Balaban J connectivity index is 1.01. The third-order valence-electron chi connectivity index (χ3n) is 5.39. The fourth-order valence-corrected chi connectivity index (χ4v) is 5.22. The molecule has 0 aliphatic carbocycles. The first kappa shape index (κ1) is 28.2. The minimum atomic E-state index is 0.447. The van der Waals surface area contributed by atoms with Crippen molar-refractivity contribution in [1.29, 1.82) is 0 Å². The topological polar surface area (TPSA) is 81.2 Å². The summed E-state index contributed by atoms with van der Waals surface area (Å²) in [6.45, 7) is 3.90. The van der Waals surface area contributed by atoms with Crippen LogP contribution in [0.5, 0.6) is 11.5 Å². The van der Waals surface area contributed by atoms with E-state index >= 15 is 0 Å². The monoisotopic (exact) mass is 556 g/mol. The Kier molecular flexibility index (Phi) is 11.5. The third kappa shape index (κ3) is 8.32. The Hall–Kier alpha value is -2.86. The summed E-state index contributed by atoms with van der Waals surface area (Å²) < 4.78 is 33.3. The molecule has 0 saturated heterocycles. The van der Waals surface area contributed by atoms with Gasteiger partial charge in [-0.15, -0.1) is 22.7 Å². The van der Waals surface area contributed by atoms with Crippen LogP contribution in [-0.4, -0.2) is 63.8 Å². The molecule has 0 amide bonds. The van der Waals surface area contributed by atoms with E-state index in [1.54, 1.807) is 36.9 Å². The van der Waals surface area contributed by atoms with Crippen LogP contribution in [0, 0.1) is 0 Å². The molecule has 0 spiro atoms. The first-order valence-corrected chi connectivity index (χ1v) is 14.0. The second-order valence-electron chi connectivity index (χ2n) is 8.02. The molecule has 38 heavy (non-hydrogen) atoms. The molecule has 4 rings (SSSR count). The lowest BCUT2D eigenvalue weighted by atomic mass is 10.2. The van der Waals surface area contributed by atoms with Gasteiger partial charge >= 0.3 is 0 Å². The number of hydrogen-bond donors (Lipinski definition) is 0. The van der Waals surface area contributed by atoms with Gasteiger partial charge in [0.05, 0.1) is 89.6 Å². The SMILES string of the molecule is COc1ccccc1-c1nc(COCCOCCOCCOCc2csc(-c3ccccc3OC)n2)cs1. The van der Waals surface area contributed by atoms with Crippen LogP contribution < -0.4 is 9.47 Å². The van der Waals surface area contributed by atoms with Crippen molar-refractivity contribution in [2.75, 3.05) is 53.9 Å². The maximum atomic E-state index is 5.69. The molecule has 0 unspecified atom stereocenters. The van der Waals surface area contributed by atoms with Crippen molar-refractivity contribution in [3.8, 4) is 32.6 Å². The van der Waals surface area contributed by atoms with Crippen molar-refractivity contribution in [3.63, 3.8) is 0 Å². The van der Waals surface area contributed by atoms with E-state index in [-0.39, 0.29) is 0 Å². The fraction of sp³-hybridized carbons (Fsp3) is 0.357. The molecule has 202 valence electrons. The van der Waals surface area contributed by atoms with Crippen LogP contribution >= 0.6 is 22.7 Å². The lowest BCUT2D eigenvalue weighted by Crippen LogP contribution is -2.12. The molecule has 0 bridgehead atoms. The molecule has 10 heteroatoms. The Bertz CT molecular complexity index is 1150. The van der Waals surface area contributed by atoms with Gasteiger partial charge in [0.2, 0.25) is 0 Å². The van der Waals surface area contributed by atoms with Gasteiger partial charge in [0, 0.05) is 10.8 Å². The first-order chi connectivity index (χ1) is 18.8. The predicted octanol–water partition coefficient (Wildman–Crippen LogP) is 5.72. The van der Waals surface area contributed by atoms with E-state index in [1.807, 2.05) is 59.3 Å². The Morgan fingerprint density at radius 1 is 0.553 bits per heavy atom. The standard InChI is InChI=1S/C28H32N2O6S2/c1-31-25-9-5-3-7-23(25)27-29-21(19-37-27)17-35-15-13-33-11-12-34-14-16-36-18-22-20-38-28(30-22)24-8-4-6-10-26(24)32-2/h3-10,19-20H,11-18H2,1-2H3. The Morgan fingerprint density at radius 3 is 1.37 bits per heavy atom. The van der Waals surface area contributed by atoms with Crippen LogP contribution in [-0.2, 0) is 32.2 Å². The van der Waals surface area contributed by atoms with Crippen LogP contribution in [0.2, 0.25) is 0 Å². The summed E-state index contributed by atoms with van der Waals surface area (Å²) in [5, 5.41) is 5.85. The maximum absolute atomic E-state index is 5.69. The van der Waals surface area contributed by atoms with E-state index in [0.29, 0.717) is 52.9 Å². The van der Waals surface area contributed by atoms with Gasteiger partial charge in [0.15, 0.2) is 0 Å². The summed E-state index contributed by atoms with van der Waals surface area (Å²) in [6, 6.07) is 15.7. The molecule has 0 aliphatic rings. The molecular weight excluding hydrogens is 524 g/mol. The third-order valence-corrected chi connectivity index (χ3v) is 7.24. The zero-order chi connectivity index (χ0) is 26.4. The quantitative estimate of drug-likeness (QED) is 0.153. The van der Waals surface area contributed by atoms with Crippen LogP contribution in [0.25, 0.3) is 21.1 Å². The van der Waals surface area contributed by atoms with Gasteiger partial charge in [-0.1, -0.05) is 24.3 Å². The van der Waals surface area contributed by atoms with E-state index in [9.17, 15) is 0 Å². The second-order valence-corrected chi connectivity index (χ2v) is 9.73. The predicted molar refractivity (Wildman–Crippen MR) is 149 cm³/mol. The van der Waals surface area contributed by atoms with Crippen molar-refractivity contribution >= 4 is 22.7 Å². The van der Waals surface area contributed by atoms with Gasteiger partial charge in [0.25, 0.3) is 0 Å². The van der Waals surface area contributed by atoms with Crippen LogP contribution in [0.4, 0.5) is 0 Å². The smallest absolute Gasteiger partial charge is 0.129 e. The summed E-state index contributed by atoms with van der Waals surface area (Å²) in [6.07, 6.45) is 0. The molecule has 2 aromatic carbocycles. The Morgan fingerprint density at radius 2 is 0.947 bits per heavy atom. The van der Waals surface area contributed by atoms with Gasteiger partial charge in [-0.3, -0.25) is 0 Å². The molecule has 4 aromatic rings. The zero-order valence-corrected chi connectivity index (χ0v) is 23.2. The van der Waals surface area contributed by atoms with Gasteiger partial charge in [-0.05, 0) is 24.3 Å². The average Bonchev–Trinajstić information content (AvgIpc) is 3.63. The van der Waals surface area contributed by atoms with Crippen molar-refractivity contribution in [2.24, 2.45) is 0 Å². The molecule has 2 heterocycles. The number of nitrogens with zero attached hydrogens (tertiary/aromatic N) is 2. The Labute approximate surface area is 231 Å². The minimum absolute atomic E-state index is 0.447. The highest BCUT2D eigenvalue weighted by atomic mass is 32.1. The summed E-state index contributed by atoms with van der Waals surface area (Å²) in [7, 11) is 3.33. The fourth-order valence-electron chi connectivity index (χ4n) is 3.55. The lowest BCUT2D eigenvalue weighted by Gasteiger charge is -2.07. The number of thiazole rings is 2. The van der Waals surface area contributed by atoms with Gasteiger partial charge in [-0.25, -0.2) is 9.97 Å². The van der Waals surface area contributed by atoms with E-state index < -0.39 is 0 Å². The van der Waals surface area contributed by atoms with Crippen molar-refractivity contribution in [1.82, 2.24) is 9.97 Å².